The Kier molecular flexibility index (Phi) is 5.53. The van der Waals surface area contributed by atoms with Gasteiger partial charge in [-0.25, -0.2) is 18.0 Å². The summed E-state index contributed by atoms with van der Waals surface area (Å²) in [5.41, 5.74) is 0.882. The van der Waals surface area contributed by atoms with Crippen LogP contribution in [0.1, 0.15) is 11.1 Å². The molecule has 4 rings (SSSR count). The summed E-state index contributed by atoms with van der Waals surface area (Å²) < 4.78 is 53.9. The van der Waals surface area contributed by atoms with Crippen molar-refractivity contribution >= 4 is 17.1 Å². The molecular weight excluding hydrogens is 411 g/mol. The zero-order valence-electron chi connectivity index (χ0n) is 16.0. The maximum absolute atomic E-state index is 13.9. The van der Waals surface area contributed by atoms with E-state index in [0.29, 0.717) is 16.5 Å². The van der Waals surface area contributed by atoms with Gasteiger partial charge in [0.25, 0.3) is 0 Å². The molecule has 1 N–H and O–H groups in total. The van der Waals surface area contributed by atoms with Crippen molar-refractivity contribution in [2.75, 3.05) is 0 Å². The van der Waals surface area contributed by atoms with Gasteiger partial charge in [0.15, 0.2) is 0 Å². The van der Waals surface area contributed by atoms with E-state index in [1.54, 1.807) is 29.0 Å². The van der Waals surface area contributed by atoms with Crippen molar-refractivity contribution in [1.29, 1.82) is 0 Å². The highest BCUT2D eigenvalue weighted by Crippen LogP contribution is 2.29. The van der Waals surface area contributed by atoms with Crippen molar-refractivity contribution in [1.82, 2.24) is 4.57 Å². The maximum atomic E-state index is 13.9. The molecule has 31 heavy (non-hydrogen) atoms. The van der Waals surface area contributed by atoms with Gasteiger partial charge in [0, 0.05) is 17.1 Å². The van der Waals surface area contributed by atoms with Crippen LogP contribution in [0.15, 0.2) is 66.9 Å². The van der Waals surface area contributed by atoms with E-state index in [1.807, 2.05) is 0 Å². The molecule has 0 aliphatic heterocycles. The second-order valence-corrected chi connectivity index (χ2v) is 6.74. The third-order valence-corrected chi connectivity index (χ3v) is 4.77. The van der Waals surface area contributed by atoms with Gasteiger partial charge in [0.1, 0.15) is 35.6 Å². The number of aromatic nitrogens is 1. The molecule has 0 bridgehead atoms. The fourth-order valence-electron chi connectivity index (χ4n) is 3.33. The number of nitrogens with zero attached hydrogens (tertiary/aromatic N) is 1. The Morgan fingerprint density at radius 2 is 1.68 bits per heavy atom. The highest BCUT2D eigenvalue weighted by molar-refractivity contribution is 5.88. The number of hydrogen-bond donors (Lipinski definition) is 1. The van der Waals surface area contributed by atoms with Gasteiger partial charge in [-0.15, -0.1) is 0 Å². The zero-order valence-corrected chi connectivity index (χ0v) is 16.0. The van der Waals surface area contributed by atoms with Crippen LogP contribution < -0.4 is 9.47 Å². The summed E-state index contributed by atoms with van der Waals surface area (Å²) in [6.07, 6.45) is 0.270. The molecule has 158 valence electrons. The molecule has 0 fully saturated rings. The van der Waals surface area contributed by atoms with E-state index >= 15 is 0 Å². The number of hydrogen-bond acceptors (Lipinski definition) is 3. The van der Waals surface area contributed by atoms with Crippen LogP contribution in [0.25, 0.3) is 10.9 Å². The topological polar surface area (TPSA) is 60.7 Å². The van der Waals surface area contributed by atoms with E-state index in [0.717, 1.165) is 12.1 Å². The molecule has 1 heterocycles. The summed E-state index contributed by atoms with van der Waals surface area (Å²) in [6, 6.07) is 14.0. The summed E-state index contributed by atoms with van der Waals surface area (Å²) in [5.74, 6) is -1.51. The molecule has 0 spiro atoms. The zero-order chi connectivity index (χ0) is 22.0. The molecule has 0 amide bonds. The lowest BCUT2D eigenvalue weighted by Gasteiger charge is -2.14. The minimum Gasteiger partial charge on any atom is -0.488 e. The van der Waals surface area contributed by atoms with Crippen LogP contribution in [0.3, 0.4) is 0 Å². The fourth-order valence-corrected chi connectivity index (χ4v) is 3.33. The molecule has 0 saturated carbocycles. The predicted octanol–water partition coefficient (Wildman–Crippen LogP) is 5.74. The van der Waals surface area contributed by atoms with Crippen molar-refractivity contribution in [3.63, 3.8) is 0 Å². The van der Waals surface area contributed by atoms with Gasteiger partial charge in [-0.2, -0.15) is 0 Å². The molecule has 0 atom stereocenters. The molecule has 0 radical (unpaired) electrons. The number of carboxylic acid groups (broad SMARTS) is 1. The lowest BCUT2D eigenvalue weighted by atomic mass is 10.1. The molecule has 0 aliphatic carbocycles. The highest BCUT2D eigenvalue weighted by atomic mass is 19.1. The predicted molar refractivity (Wildman–Crippen MR) is 107 cm³/mol. The van der Waals surface area contributed by atoms with Crippen LogP contribution >= 0.6 is 0 Å². The van der Waals surface area contributed by atoms with Crippen LogP contribution in [0, 0.1) is 17.5 Å². The summed E-state index contributed by atoms with van der Waals surface area (Å²) in [6.45, 7) is -0.187. The molecule has 3 aromatic carbocycles. The molecule has 0 aliphatic rings. The minimum atomic E-state index is -1.43. The van der Waals surface area contributed by atoms with E-state index in [4.69, 9.17) is 14.6 Å². The first-order chi connectivity index (χ1) is 14.9. The van der Waals surface area contributed by atoms with Gasteiger partial charge < -0.3 is 19.1 Å². The second kappa shape index (κ2) is 8.43. The van der Waals surface area contributed by atoms with Gasteiger partial charge in [0.2, 0.25) is 0 Å². The van der Waals surface area contributed by atoms with Gasteiger partial charge >= 0.3 is 6.16 Å². The van der Waals surface area contributed by atoms with Crippen LogP contribution in [-0.2, 0) is 13.2 Å². The van der Waals surface area contributed by atoms with Crippen molar-refractivity contribution in [3.8, 4) is 11.5 Å². The van der Waals surface area contributed by atoms with E-state index in [-0.39, 0.29) is 30.2 Å². The van der Waals surface area contributed by atoms with Gasteiger partial charge in [-0.1, -0.05) is 12.1 Å². The van der Waals surface area contributed by atoms with Crippen LogP contribution in [0.4, 0.5) is 18.0 Å². The van der Waals surface area contributed by atoms with E-state index in [2.05, 4.69) is 0 Å². The third kappa shape index (κ3) is 4.32. The quantitative estimate of drug-likeness (QED) is 0.315. The normalized spacial score (nSPS) is 10.9. The number of halogens is 3. The number of benzene rings is 3. The first kappa shape index (κ1) is 20.3. The van der Waals surface area contributed by atoms with E-state index < -0.39 is 23.6 Å². The number of fused-ring (bicyclic) bond motifs is 1. The third-order valence-electron chi connectivity index (χ3n) is 4.77. The summed E-state index contributed by atoms with van der Waals surface area (Å²) in [7, 11) is 0. The Balaban J connectivity index is 1.63. The van der Waals surface area contributed by atoms with Crippen LogP contribution in [0.5, 0.6) is 11.5 Å². The summed E-state index contributed by atoms with van der Waals surface area (Å²) in [4.78, 5) is 10.9. The summed E-state index contributed by atoms with van der Waals surface area (Å²) >= 11 is 0. The Labute approximate surface area is 174 Å². The van der Waals surface area contributed by atoms with Gasteiger partial charge in [-0.05, 0) is 48.5 Å². The Bertz CT molecular complexity index is 1250. The highest BCUT2D eigenvalue weighted by Gasteiger charge is 2.14. The van der Waals surface area contributed by atoms with Crippen molar-refractivity contribution in [3.05, 3.63) is 95.4 Å². The van der Waals surface area contributed by atoms with Gasteiger partial charge in [-0.3, -0.25) is 0 Å². The standard InChI is InChI=1S/C23H16F3NO4/c24-15-7-8-21(30-13-17-18(25)3-1-4-19(17)26)14(11-15)12-27-10-9-16-20(27)5-2-6-22(16)31-23(28)29/h1-11H,12-13H2,(H,28,29). The molecule has 0 saturated heterocycles. The van der Waals surface area contributed by atoms with Crippen LogP contribution in [-0.4, -0.2) is 15.8 Å². The fraction of sp³-hybridized carbons (Fsp3) is 0.0870. The molecule has 1 aromatic heterocycles. The van der Waals surface area contributed by atoms with E-state index in [1.165, 1.54) is 30.3 Å². The Morgan fingerprint density at radius 3 is 2.42 bits per heavy atom. The largest absolute Gasteiger partial charge is 0.511 e. The smallest absolute Gasteiger partial charge is 0.488 e. The first-order valence-corrected chi connectivity index (χ1v) is 9.25. The first-order valence-electron chi connectivity index (χ1n) is 9.25. The Morgan fingerprint density at radius 1 is 0.935 bits per heavy atom. The molecule has 8 heteroatoms. The van der Waals surface area contributed by atoms with Crippen molar-refractivity contribution in [2.45, 2.75) is 13.2 Å². The minimum absolute atomic E-state index is 0.173. The molecule has 4 aromatic rings. The SMILES string of the molecule is O=C(O)Oc1cccc2c1ccn2Cc1cc(F)ccc1OCc1c(F)cccc1F. The average molecular weight is 427 g/mol. The van der Waals surface area contributed by atoms with Gasteiger partial charge in [0.05, 0.1) is 17.6 Å². The Hall–Kier alpha value is -3.94. The second-order valence-electron chi connectivity index (χ2n) is 6.74. The monoisotopic (exact) mass is 427 g/mol. The molecular formula is C23H16F3NO4. The lowest BCUT2D eigenvalue weighted by Crippen LogP contribution is -2.06. The van der Waals surface area contributed by atoms with Crippen molar-refractivity contribution < 1.29 is 32.5 Å². The number of carbonyl (C=O) groups is 1. The van der Waals surface area contributed by atoms with Crippen LogP contribution in [0.2, 0.25) is 0 Å². The van der Waals surface area contributed by atoms with E-state index in [9.17, 15) is 18.0 Å². The average Bonchev–Trinajstić information content (AvgIpc) is 3.12. The maximum Gasteiger partial charge on any atom is 0.511 e. The lowest BCUT2D eigenvalue weighted by molar-refractivity contribution is 0.145. The van der Waals surface area contributed by atoms with Crippen molar-refractivity contribution in [2.24, 2.45) is 0 Å². The summed E-state index contributed by atoms with van der Waals surface area (Å²) in [5, 5.41) is 9.45. The molecule has 0 unspecified atom stereocenters. The number of ether oxygens (including phenoxy) is 2. The number of rotatable bonds is 6. The molecule has 5 nitrogen and oxygen atoms in total.